The van der Waals surface area contributed by atoms with Crippen LogP contribution in [0.5, 0.6) is 17.4 Å². The van der Waals surface area contributed by atoms with Gasteiger partial charge in [-0.2, -0.15) is 4.98 Å². The second kappa shape index (κ2) is 7.92. The molecule has 1 N–H and O–H groups in total. The fraction of sp³-hybridized carbons (Fsp3) is 0.444. The lowest BCUT2D eigenvalue weighted by Gasteiger charge is -2.33. The van der Waals surface area contributed by atoms with Gasteiger partial charge in [0.05, 0.1) is 21.3 Å². The quantitative estimate of drug-likeness (QED) is 0.864. The highest BCUT2D eigenvalue weighted by Crippen LogP contribution is 2.30. The van der Waals surface area contributed by atoms with Crippen molar-refractivity contribution in [2.75, 3.05) is 44.6 Å². The average molecular weight is 344 g/mol. The fourth-order valence-electron chi connectivity index (χ4n) is 3.04. The van der Waals surface area contributed by atoms with Gasteiger partial charge in [-0.05, 0) is 25.0 Å². The van der Waals surface area contributed by atoms with Crippen molar-refractivity contribution in [1.29, 1.82) is 0 Å². The van der Waals surface area contributed by atoms with Gasteiger partial charge in [0.15, 0.2) is 11.5 Å². The largest absolute Gasteiger partial charge is 0.493 e. The molecule has 2 heterocycles. The van der Waals surface area contributed by atoms with E-state index in [4.69, 9.17) is 14.2 Å². The number of hydrogen-bond donors (Lipinski definition) is 1. The van der Waals surface area contributed by atoms with Crippen LogP contribution in [0.4, 0.5) is 11.6 Å². The third-order valence-corrected chi connectivity index (χ3v) is 4.29. The zero-order chi connectivity index (χ0) is 17.6. The SMILES string of the molecule is COc1ccnc(N2CCC[C@H](Nc3ccc(OC)c(OC)c3)C2)n1. The molecule has 2 aromatic rings. The molecule has 1 fully saturated rings. The van der Waals surface area contributed by atoms with Crippen molar-refractivity contribution in [2.24, 2.45) is 0 Å². The Balaban J connectivity index is 1.69. The van der Waals surface area contributed by atoms with Gasteiger partial charge < -0.3 is 24.4 Å². The highest BCUT2D eigenvalue weighted by Gasteiger charge is 2.22. The second-order valence-electron chi connectivity index (χ2n) is 5.90. The van der Waals surface area contributed by atoms with E-state index < -0.39 is 0 Å². The van der Waals surface area contributed by atoms with Crippen LogP contribution in [0.2, 0.25) is 0 Å². The maximum atomic E-state index is 5.37. The average Bonchev–Trinajstić information content (AvgIpc) is 2.68. The van der Waals surface area contributed by atoms with E-state index in [0.29, 0.717) is 17.9 Å². The number of hydrogen-bond acceptors (Lipinski definition) is 7. The summed E-state index contributed by atoms with van der Waals surface area (Å²) in [4.78, 5) is 11.0. The van der Waals surface area contributed by atoms with Gasteiger partial charge in [0, 0.05) is 43.1 Å². The highest BCUT2D eigenvalue weighted by molar-refractivity contribution is 5.55. The molecule has 0 amide bonds. The van der Waals surface area contributed by atoms with E-state index in [1.54, 1.807) is 33.6 Å². The Labute approximate surface area is 147 Å². The first kappa shape index (κ1) is 17.1. The summed E-state index contributed by atoms with van der Waals surface area (Å²) < 4.78 is 15.9. The molecule has 1 aliphatic rings. The zero-order valence-corrected chi connectivity index (χ0v) is 14.9. The fourth-order valence-corrected chi connectivity index (χ4v) is 3.04. The van der Waals surface area contributed by atoms with Crippen molar-refractivity contribution in [3.05, 3.63) is 30.5 Å². The van der Waals surface area contributed by atoms with Gasteiger partial charge in [0.2, 0.25) is 11.8 Å². The molecule has 1 aliphatic heterocycles. The summed E-state index contributed by atoms with van der Waals surface area (Å²) in [5.41, 5.74) is 1.01. The predicted octanol–water partition coefficient (Wildman–Crippen LogP) is 2.58. The number of anilines is 2. The summed E-state index contributed by atoms with van der Waals surface area (Å²) in [6, 6.07) is 7.93. The van der Waals surface area contributed by atoms with Crippen LogP contribution in [-0.2, 0) is 0 Å². The first-order valence-corrected chi connectivity index (χ1v) is 8.34. The molecule has 0 aliphatic carbocycles. The van der Waals surface area contributed by atoms with Crippen molar-refractivity contribution in [3.63, 3.8) is 0 Å². The van der Waals surface area contributed by atoms with Crippen LogP contribution in [0.1, 0.15) is 12.8 Å². The molecule has 1 atom stereocenters. The number of aromatic nitrogens is 2. The molecule has 1 aromatic heterocycles. The third kappa shape index (κ3) is 4.04. The number of benzene rings is 1. The van der Waals surface area contributed by atoms with Gasteiger partial charge in [-0.15, -0.1) is 0 Å². The highest BCUT2D eigenvalue weighted by atomic mass is 16.5. The Morgan fingerprint density at radius 3 is 2.68 bits per heavy atom. The van der Waals surface area contributed by atoms with Gasteiger partial charge in [0.25, 0.3) is 0 Å². The van der Waals surface area contributed by atoms with Crippen molar-refractivity contribution < 1.29 is 14.2 Å². The standard InChI is InChI=1S/C18H24N4O3/c1-23-15-7-6-13(11-16(15)24-2)20-14-5-4-10-22(12-14)18-19-9-8-17(21-18)25-3/h6-9,11,14,20H,4-5,10,12H2,1-3H3/t14-/m0/s1. The van der Waals surface area contributed by atoms with Crippen molar-refractivity contribution in [3.8, 4) is 17.4 Å². The minimum absolute atomic E-state index is 0.307. The van der Waals surface area contributed by atoms with Crippen LogP contribution in [0.15, 0.2) is 30.5 Å². The van der Waals surface area contributed by atoms with Gasteiger partial charge in [-0.3, -0.25) is 0 Å². The summed E-state index contributed by atoms with van der Waals surface area (Å²) in [7, 11) is 4.89. The normalized spacial score (nSPS) is 17.1. The smallest absolute Gasteiger partial charge is 0.228 e. The molecule has 0 spiro atoms. The lowest BCUT2D eigenvalue weighted by molar-refractivity contribution is 0.355. The first-order chi connectivity index (χ1) is 12.2. The maximum Gasteiger partial charge on any atom is 0.228 e. The van der Waals surface area contributed by atoms with Gasteiger partial charge in [0.1, 0.15) is 0 Å². The molecule has 7 heteroatoms. The molecule has 7 nitrogen and oxygen atoms in total. The van der Waals surface area contributed by atoms with Crippen LogP contribution < -0.4 is 24.4 Å². The molecule has 25 heavy (non-hydrogen) atoms. The Bertz CT molecular complexity index is 710. The van der Waals surface area contributed by atoms with Gasteiger partial charge in [-0.1, -0.05) is 0 Å². The van der Waals surface area contributed by atoms with E-state index in [-0.39, 0.29) is 0 Å². The number of rotatable bonds is 6. The number of piperidine rings is 1. The molecule has 0 saturated carbocycles. The Kier molecular flexibility index (Phi) is 5.42. The summed E-state index contributed by atoms with van der Waals surface area (Å²) in [6.45, 7) is 1.78. The first-order valence-electron chi connectivity index (χ1n) is 8.34. The Hall–Kier alpha value is -2.70. The predicted molar refractivity (Wildman–Crippen MR) is 97.0 cm³/mol. The lowest BCUT2D eigenvalue weighted by atomic mass is 10.1. The van der Waals surface area contributed by atoms with Crippen molar-refractivity contribution in [2.45, 2.75) is 18.9 Å². The van der Waals surface area contributed by atoms with E-state index in [0.717, 1.165) is 43.1 Å². The van der Waals surface area contributed by atoms with Crippen LogP contribution in [0.3, 0.4) is 0 Å². The van der Waals surface area contributed by atoms with Crippen LogP contribution in [-0.4, -0.2) is 50.4 Å². The Morgan fingerprint density at radius 1 is 1.08 bits per heavy atom. The summed E-state index contributed by atoms with van der Waals surface area (Å²) in [5, 5.41) is 3.57. The minimum atomic E-state index is 0.307. The van der Waals surface area contributed by atoms with Crippen LogP contribution in [0.25, 0.3) is 0 Å². The van der Waals surface area contributed by atoms with E-state index in [1.165, 1.54) is 0 Å². The summed E-state index contributed by atoms with van der Waals surface area (Å²) in [6.07, 6.45) is 3.90. The maximum absolute atomic E-state index is 5.37. The molecular formula is C18H24N4O3. The molecule has 1 saturated heterocycles. The molecule has 0 unspecified atom stereocenters. The zero-order valence-electron chi connectivity index (χ0n) is 14.9. The topological polar surface area (TPSA) is 68.7 Å². The summed E-state index contributed by atoms with van der Waals surface area (Å²) in [5.74, 6) is 2.73. The van der Waals surface area contributed by atoms with Crippen molar-refractivity contribution >= 4 is 11.6 Å². The van der Waals surface area contributed by atoms with E-state index in [1.807, 2.05) is 18.2 Å². The second-order valence-corrected chi connectivity index (χ2v) is 5.90. The van der Waals surface area contributed by atoms with Crippen LogP contribution in [0, 0.1) is 0 Å². The van der Waals surface area contributed by atoms with Crippen molar-refractivity contribution in [1.82, 2.24) is 9.97 Å². The molecule has 0 radical (unpaired) electrons. The number of nitrogens with one attached hydrogen (secondary N) is 1. The number of methoxy groups -OCH3 is 3. The molecule has 1 aromatic carbocycles. The number of ether oxygens (including phenoxy) is 3. The third-order valence-electron chi connectivity index (χ3n) is 4.29. The van der Waals surface area contributed by atoms with E-state index >= 15 is 0 Å². The molecule has 0 bridgehead atoms. The van der Waals surface area contributed by atoms with Gasteiger partial charge in [-0.25, -0.2) is 4.98 Å². The molecular weight excluding hydrogens is 320 g/mol. The van der Waals surface area contributed by atoms with Gasteiger partial charge >= 0.3 is 0 Å². The monoisotopic (exact) mass is 344 g/mol. The Morgan fingerprint density at radius 2 is 1.92 bits per heavy atom. The van der Waals surface area contributed by atoms with E-state index in [2.05, 4.69) is 20.2 Å². The minimum Gasteiger partial charge on any atom is -0.493 e. The lowest BCUT2D eigenvalue weighted by Crippen LogP contribution is -2.42. The molecule has 3 rings (SSSR count). The number of nitrogens with zero attached hydrogens (tertiary/aromatic N) is 3. The van der Waals surface area contributed by atoms with E-state index in [9.17, 15) is 0 Å². The summed E-state index contributed by atoms with van der Waals surface area (Å²) >= 11 is 0. The molecule has 134 valence electrons. The van der Waals surface area contributed by atoms with Crippen LogP contribution >= 0.6 is 0 Å².